The number of nitrogens with one attached hydrogen (secondary N) is 1. The molecule has 0 heterocycles. The van der Waals surface area contributed by atoms with Gasteiger partial charge in [-0.15, -0.1) is 13.2 Å². The first-order valence-corrected chi connectivity index (χ1v) is 6.13. The van der Waals surface area contributed by atoms with E-state index in [9.17, 15) is 18.0 Å². The molecule has 0 fully saturated rings. The fraction of sp³-hybridized carbons (Fsp3) is 0.462. The first-order valence-electron chi connectivity index (χ1n) is 6.13. The van der Waals surface area contributed by atoms with Crippen LogP contribution < -0.4 is 15.8 Å². The number of rotatable bonds is 6. The molecule has 118 valence electrons. The molecule has 0 spiro atoms. The van der Waals surface area contributed by atoms with E-state index in [1.165, 1.54) is 25.3 Å². The van der Waals surface area contributed by atoms with Gasteiger partial charge in [-0.05, 0) is 24.6 Å². The molecule has 5 nitrogen and oxygen atoms in total. The van der Waals surface area contributed by atoms with Gasteiger partial charge in [-0.3, -0.25) is 4.79 Å². The second-order valence-electron chi connectivity index (χ2n) is 4.41. The minimum Gasteiger partial charge on any atom is -0.406 e. The number of ether oxygens (including phenoxy) is 2. The Balaban J connectivity index is 2.72. The summed E-state index contributed by atoms with van der Waals surface area (Å²) in [5, 5.41) is 2.59. The minimum atomic E-state index is -4.76. The molecular formula is C13H17F3N2O3. The molecule has 8 heteroatoms. The fourth-order valence-electron chi connectivity index (χ4n) is 1.64. The van der Waals surface area contributed by atoms with E-state index in [1.807, 2.05) is 0 Å². The Morgan fingerprint density at radius 2 is 2.10 bits per heavy atom. The third-order valence-corrected chi connectivity index (χ3v) is 2.63. The zero-order valence-corrected chi connectivity index (χ0v) is 11.6. The Bertz CT molecular complexity index is 480. The fourth-order valence-corrected chi connectivity index (χ4v) is 1.64. The summed E-state index contributed by atoms with van der Waals surface area (Å²) >= 11 is 0. The zero-order chi connectivity index (χ0) is 16.0. The number of hydrogen-bond donors (Lipinski definition) is 2. The van der Waals surface area contributed by atoms with Gasteiger partial charge in [0, 0.05) is 7.11 Å². The number of halogens is 3. The summed E-state index contributed by atoms with van der Waals surface area (Å²) in [6.45, 7) is 1.68. The van der Waals surface area contributed by atoms with Crippen LogP contribution in [0.15, 0.2) is 24.3 Å². The lowest BCUT2D eigenvalue weighted by Gasteiger charge is -2.18. The number of alkyl halides is 3. The normalized spacial score (nSPS) is 14.4. The largest absolute Gasteiger partial charge is 0.573 e. The molecule has 3 N–H and O–H groups in total. The van der Waals surface area contributed by atoms with Crippen LogP contribution in [0.2, 0.25) is 0 Å². The molecular weight excluding hydrogens is 289 g/mol. The predicted molar refractivity (Wildman–Crippen MR) is 69.5 cm³/mol. The lowest BCUT2D eigenvalue weighted by Crippen LogP contribution is -2.44. The molecule has 1 rings (SSSR count). The number of carbonyl (C=O) groups excluding carboxylic acids is 1. The molecule has 0 saturated heterocycles. The summed E-state index contributed by atoms with van der Waals surface area (Å²) in [5.41, 5.74) is 6.02. The van der Waals surface area contributed by atoms with Gasteiger partial charge in [0.1, 0.15) is 11.8 Å². The Morgan fingerprint density at radius 1 is 1.43 bits per heavy atom. The van der Waals surface area contributed by atoms with Crippen LogP contribution in [0.5, 0.6) is 5.75 Å². The van der Waals surface area contributed by atoms with Gasteiger partial charge in [0.2, 0.25) is 5.91 Å². The molecule has 1 aromatic rings. The molecule has 2 unspecified atom stereocenters. The van der Waals surface area contributed by atoms with Gasteiger partial charge in [0.05, 0.1) is 12.6 Å². The maximum Gasteiger partial charge on any atom is 0.573 e. The van der Waals surface area contributed by atoms with Crippen LogP contribution in [-0.4, -0.2) is 32.0 Å². The third kappa shape index (κ3) is 6.01. The zero-order valence-electron chi connectivity index (χ0n) is 11.6. The number of benzene rings is 1. The summed E-state index contributed by atoms with van der Waals surface area (Å²) in [4.78, 5) is 11.7. The van der Waals surface area contributed by atoms with Crippen molar-refractivity contribution in [3.8, 4) is 5.75 Å². The number of nitrogens with two attached hydrogens (primary N) is 1. The van der Waals surface area contributed by atoms with Crippen LogP contribution in [0.25, 0.3) is 0 Å². The first kappa shape index (κ1) is 17.3. The molecule has 0 aliphatic carbocycles. The van der Waals surface area contributed by atoms with E-state index in [0.717, 1.165) is 0 Å². The highest BCUT2D eigenvalue weighted by Crippen LogP contribution is 2.25. The van der Waals surface area contributed by atoms with Crippen LogP contribution in [0.1, 0.15) is 18.5 Å². The molecule has 2 atom stereocenters. The maximum absolute atomic E-state index is 12.2. The molecule has 0 aliphatic rings. The predicted octanol–water partition coefficient (Wildman–Crippen LogP) is 1.74. The van der Waals surface area contributed by atoms with E-state index >= 15 is 0 Å². The van der Waals surface area contributed by atoms with Crippen LogP contribution in [-0.2, 0) is 9.53 Å². The monoisotopic (exact) mass is 306 g/mol. The van der Waals surface area contributed by atoms with Crippen LogP contribution >= 0.6 is 0 Å². The van der Waals surface area contributed by atoms with Gasteiger partial charge in [0.25, 0.3) is 0 Å². The van der Waals surface area contributed by atoms with Gasteiger partial charge in [-0.25, -0.2) is 0 Å². The van der Waals surface area contributed by atoms with Gasteiger partial charge >= 0.3 is 6.36 Å². The Hall–Kier alpha value is -1.80. The van der Waals surface area contributed by atoms with E-state index in [0.29, 0.717) is 5.56 Å². The quantitative estimate of drug-likeness (QED) is 0.839. The average Bonchev–Trinajstić information content (AvgIpc) is 2.37. The van der Waals surface area contributed by atoms with E-state index in [4.69, 9.17) is 10.5 Å². The molecule has 0 bridgehead atoms. The van der Waals surface area contributed by atoms with Crippen LogP contribution in [0.4, 0.5) is 13.2 Å². The summed E-state index contributed by atoms with van der Waals surface area (Å²) in [6.07, 6.45) is -4.76. The van der Waals surface area contributed by atoms with Gasteiger partial charge in [-0.2, -0.15) is 0 Å². The molecule has 1 amide bonds. The van der Waals surface area contributed by atoms with Crippen molar-refractivity contribution in [2.75, 3.05) is 13.7 Å². The number of carbonyl (C=O) groups is 1. The van der Waals surface area contributed by atoms with Crippen LogP contribution in [0, 0.1) is 0 Å². The van der Waals surface area contributed by atoms with Crippen molar-refractivity contribution in [1.29, 1.82) is 0 Å². The SMILES string of the molecule is COCC(N)C(=O)NC(C)c1cccc(OC(F)(F)F)c1. The summed E-state index contributed by atoms with van der Waals surface area (Å²) < 4.78 is 45.0. The Morgan fingerprint density at radius 3 is 2.67 bits per heavy atom. The number of methoxy groups -OCH3 is 1. The second kappa shape index (κ2) is 7.28. The molecule has 0 aliphatic heterocycles. The first-order chi connectivity index (χ1) is 9.73. The number of amides is 1. The van der Waals surface area contributed by atoms with E-state index in [1.54, 1.807) is 13.0 Å². The van der Waals surface area contributed by atoms with Gasteiger partial charge in [0.15, 0.2) is 0 Å². The third-order valence-electron chi connectivity index (χ3n) is 2.63. The van der Waals surface area contributed by atoms with E-state index in [-0.39, 0.29) is 12.4 Å². The van der Waals surface area contributed by atoms with Crippen molar-refractivity contribution in [3.05, 3.63) is 29.8 Å². The smallest absolute Gasteiger partial charge is 0.406 e. The Labute approximate surface area is 120 Å². The highest BCUT2D eigenvalue weighted by Gasteiger charge is 2.31. The van der Waals surface area contributed by atoms with E-state index in [2.05, 4.69) is 10.1 Å². The summed E-state index contributed by atoms with van der Waals surface area (Å²) in [7, 11) is 1.41. The van der Waals surface area contributed by atoms with E-state index < -0.39 is 24.4 Å². The molecule has 0 saturated carbocycles. The summed E-state index contributed by atoms with van der Waals surface area (Å²) in [6, 6.07) is 4.02. The summed E-state index contributed by atoms with van der Waals surface area (Å²) in [5.74, 6) is -0.797. The molecule has 0 aromatic heterocycles. The van der Waals surface area contributed by atoms with Gasteiger partial charge in [-0.1, -0.05) is 12.1 Å². The molecule has 21 heavy (non-hydrogen) atoms. The van der Waals surface area contributed by atoms with Crippen molar-refractivity contribution in [2.45, 2.75) is 25.4 Å². The van der Waals surface area contributed by atoms with Crippen molar-refractivity contribution in [1.82, 2.24) is 5.32 Å². The average molecular weight is 306 g/mol. The van der Waals surface area contributed by atoms with Gasteiger partial charge < -0.3 is 20.5 Å². The van der Waals surface area contributed by atoms with Crippen molar-refractivity contribution < 1.29 is 27.4 Å². The van der Waals surface area contributed by atoms with Crippen molar-refractivity contribution >= 4 is 5.91 Å². The molecule has 0 radical (unpaired) electrons. The standard InChI is InChI=1S/C13H17F3N2O3/c1-8(18-12(19)11(17)7-20-2)9-4-3-5-10(6-9)21-13(14,15)16/h3-6,8,11H,7,17H2,1-2H3,(H,18,19). The molecule has 1 aromatic carbocycles. The van der Waals surface area contributed by atoms with Crippen LogP contribution in [0.3, 0.4) is 0 Å². The lowest BCUT2D eigenvalue weighted by molar-refractivity contribution is -0.274. The van der Waals surface area contributed by atoms with Crippen molar-refractivity contribution in [2.24, 2.45) is 5.73 Å². The highest BCUT2D eigenvalue weighted by molar-refractivity contribution is 5.82. The maximum atomic E-state index is 12.2. The second-order valence-corrected chi connectivity index (χ2v) is 4.41. The van der Waals surface area contributed by atoms with Crippen molar-refractivity contribution in [3.63, 3.8) is 0 Å². The minimum absolute atomic E-state index is 0.0514. The highest BCUT2D eigenvalue weighted by atomic mass is 19.4. The number of hydrogen-bond acceptors (Lipinski definition) is 4. The Kier molecular flexibility index (Phi) is 5.98. The lowest BCUT2D eigenvalue weighted by atomic mass is 10.1. The topological polar surface area (TPSA) is 73.6 Å².